The molecule has 0 bridgehead atoms. The molecule has 0 aliphatic rings. The van der Waals surface area contributed by atoms with E-state index in [9.17, 15) is 13.2 Å². The van der Waals surface area contributed by atoms with Gasteiger partial charge in [0.15, 0.2) is 5.96 Å². The lowest BCUT2D eigenvalue weighted by atomic mass is 10.2. The molecule has 4 N–H and O–H groups in total. The third kappa shape index (κ3) is 4.34. The first-order valence-electron chi connectivity index (χ1n) is 5.43. The van der Waals surface area contributed by atoms with Crippen LogP contribution in [0.2, 0.25) is 0 Å². The summed E-state index contributed by atoms with van der Waals surface area (Å²) < 4.78 is 31.3. The molecule has 0 saturated heterocycles. The fourth-order valence-electron chi connectivity index (χ4n) is 1.37. The highest BCUT2D eigenvalue weighted by Crippen LogP contribution is 2.14. The maximum Gasteiger partial charge on any atom is 0.295 e. The van der Waals surface area contributed by atoms with Crippen molar-refractivity contribution in [3.8, 4) is 0 Å². The predicted octanol–water partition coefficient (Wildman–Crippen LogP) is 0.386. The highest BCUT2D eigenvalue weighted by atomic mass is 32.2. The van der Waals surface area contributed by atoms with Crippen LogP contribution in [-0.2, 0) is 10.1 Å². The molecular formula is C11H15N3O4S. The Morgan fingerprint density at radius 1 is 1.37 bits per heavy atom. The van der Waals surface area contributed by atoms with Gasteiger partial charge in [0.2, 0.25) is 0 Å². The number of rotatable bonds is 3. The van der Waals surface area contributed by atoms with Gasteiger partial charge in [0.25, 0.3) is 16.0 Å². The molecule has 0 aliphatic carbocycles. The number of guanidine groups is 1. The average Bonchev–Trinajstić information content (AvgIpc) is 2.26. The maximum atomic E-state index is 11.9. The van der Waals surface area contributed by atoms with Crippen molar-refractivity contribution in [2.45, 2.75) is 24.8 Å². The van der Waals surface area contributed by atoms with Gasteiger partial charge < -0.3 is 5.73 Å². The molecule has 104 valence electrons. The van der Waals surface area contributed by atoms with Crippen molar-refractivity contribution in [1.82, 2.24) is 5.32 Å². The lowest BCUT2D eigenvalue weighted by Crippen LogP contribution is -2.38. The first-order chi connectivity index (χ1) is 8.71. The van der Waals surface area contributed by atoms with E-state index in [-0.39, 0.29) is 17.6 Å². The van der Waals surface area contributed by atoms with Crippen LogP contribution in [0.15, 0.2) is 34.2 Å². The number of carbonyl (C=O) groups excluding carboxylic acids is 1. The summed E-state index contributed by atoms with van der Waals surface area (Å²) in [6.07, 6.45) is 0. The Morgan fingerprint density at radius 3 is 2.47 bits per heavy atom. The van der Waals surface area contributed by atoms with Gasteiger partial charge in [0, 0.05) is 6.04 Å². The van der Waals surface area contributed by atoms with E-state index in [1.54, 1.807) is 13.8 Å². The summed E-state index contributed by atoms with van der Waals surface area (Å²) in [5, 5.41) is 2.25. The zero-order valence-electron chi connectivity index (χ0n) is 10.5. The number of nitrogens with one attached hydrogen (secondary N) is 1. The largest absolute Gasteiger partial charge is 0.370 e. The molecule has 0 fully saturated rings. The highest BCUT2D eigenvalue weighted by molar-refractivity contribution is 7.86. The molecule has 8 heteroatoms. The molecule has 0 atom stereocenters. The molecule has 0 unspecified atom stereocenters. The molecule has 0 radical (unpaired) electrons. The Labute approximate surface area is 111 Å². The monoisotopic (exact) mass is 285 g/mol. The molecule has 0 spiro atoms. The second-order valence-corrected chi connectivity index (χ2v) is 5.42. The molecule has 19 heavy (non-hydrogen) atoms. The van der Waals surface area contributed by atoms with Crippen LogP contribution in [0, 0.1) is 0 Å². The molecule has 0 saturated carbocycles. The third-order valence-corrected chi connectivity index (χ3v) is 2.96. The van der Waals surface area contributed by atoms with E-state index in [0.717, 1.165) is 6.07 Å². The van der Waals surface area contributed by atoms with E-state index in [2.05, 4.69) is 10.3 Å². The van der Waals surface area contributed by atoms with Crippen LogP contribution in [0.25, 0.3) is 0 Å². The standard InChI is InChI=1S/C11H15N3O4S/c1-7(2)13-11(12)14-10(15)8-5-3-4-6-9(8)19(16,17)18/h3-7H,1-2H3,(H,16,17,18)(H3,12,13,14,15). The fraction of sp³-hybridized carbons (Fsp3) is 0.273. The van der Waals surface area contributed by atoms with E-state index in [1.165, 1.54) is 18.2 Å². The van der Waals surface area contributed by atoms with Gasteiger partial charge in [-0.15, -0.1) is 0 Å². The predicted molar refractivity (Wildman–Crippen MR) is 70.5 cm³/mol. The number of amides is 1. The van der Waals surface area contributed by atoms with Gasteiger partial charge in [0.05, 0.1) is 5.56 Å². The van der Waals surface area contributed by atoms with Gasteiger partial charge in [-0.05, 0) is 26.0 Å². The van der Waals surface area contributed by atoms with Crippen molar-refractivity contribution < 1.29 is 17.8 Å². The minimum atomic E-state index is -4.48. The maximum absolute atomic E-state index is 11.9. The number of hydrogen-bond donors (Lipinski definition) is 3. The Hall–Kier alpha value is -1.93. The first kappa shape index (κ1) is 15.1. The molecule has 1 aromatic carbocycles. The first-order valence-corrected chi connectivity index (χ1v) is 6.87. The lowest BCUT2D eigenvalue weighted by Gasteiger charge is -2.08. The molecule has 1 aromatic rings. The van der Waals surface area contributed by atoms with Gasteiger partial charge in [0.1, 0.15) is 4.90 Å². The quantitative estimate of drug-likeness (QED) is 0.421. The summed E-state index contributed by atoms with van der Waals surface area (Å²) in [7, 11) is -4.48. The summed E-state index contributed by atoms with van der Waals surface area (Å²) >= 11 is 0. The van der Waals surface area contributed by atoms with Crippen LogP contribution < -0.4 is 11.1 Å². The molecule has 1 rings (SSSR count). The number of nitrogens with zero attached hydrogens (tertiary/aromatic N) is 1. The van der Waals surface area contributed by atoms with Crippen molar-refractivity contribution in [2.75, 3.05) is 0 Å². The number of carbonyl (C=O) groups is 1. The zero-order chi connectivity index (χ0) is 14.6. The summed E-state index contributed by atoms with van der Waals surface area (Å²) in [5.74, 6) is -0.875. The number of nitrogens with two attached hydrogens (primary N) is 1. The summed E-state index contributed by atoms with van der Waals surface area (Å²) in [6, 6.07) is 5.14. The van der Waals surface area contributed by atoms with Gasteiger partial charge >= 0.3 is 0 Å². The van der Waals surface area contributed by atoms with Gasteiger partial charge in [-0.1, -0.05) is 12.1 Å². The van der Waals surface area contributed by atoms with Crippen molar-refractivity contribution in [3.63, 3.8) is 0 Å². The smallest absolute Gasteiger partial charge is 0.295 e. The Bertz CT molecular complexity index is 608. The number of benzene rings is 1. The third-order valence-electron chi connectivity index (χ3n) is 2.05. The molecule has 0 heterocycles. The normalized spacial score (nSPS) is 12.5. The van der Waals surface area contributed by atoms with Crippen LogP contribution in [0.3, 0.4) is 0 Å². The lowest BCUT2D eigenvalue weighted by molar-refractivity contribution is 0.0973. The van der Waals surface area contributed by atoms with Crippen LogP contribution >= 0.6 is 0 Å². The van der Waals surface area contributed by atoms with Crippen molar-refractivity contribution in [1.29, 1.82) is 0 Å². The number of aliphatic imine (C=N–C) groups is 1. The number of hydrogen-bond acceptors (Lipinski definition) is 4. The Balaban J connectivity index is 3.09. The second-order valence-electron chi connectivity index (χ2n) is 4.03. The van der Waals surface area contributed by atoms with Gasteiger partial charge in [-0.2, -0.15) is 8.42 Å². The zero-order valence-corrected chi connectivity index (χ0v) is 11.3. The molecule has 1 amide bonds. The minimum Gasteiger partial charge on any atom is -0.370 e. The van der Waals surface area contributed by atoms with Crippen LogP contribution in [0.1, 0.15) is 24.2 Å². The molecule has 0 aromatic heterocycles. The van der Waals surface area contributed by atoms with Gasteiger partial charge in [-0.3, -0.25) is 19.7 Å². The topological polar surface area (TPSA) is 122 Å². The molecular weight excluding hydrogens is 270 g/mol. The van der Waals surface area contributed by atoms with E-state index in [4.69, 9.17) is 10.3 Å². The summed E-state index contributed by atoms with van der Waals surface area (Å²) in [4.78, 5) is 15.3. The van der Waals surface area contributed by atoms with E-state index >= 15 is 0 Å². The van der Waals surface area contributed by atoms with Crippen molar-refractivity contribution >= 4 is 22.0 Å². The van der Waals surface area contributed by atoms with E-state index in [1.807, 2.05) is 0 Å². The van der Waals surface area contributed by atoms with Crippen LogP contribution in [0.5, 0.6) is 0 Å². The Kier molecular flexibility index (Phi) is 4.62. The van der Waals surface area contributed by atoms with Gasteiger partial charge in [-0.25, -0.2) is 0 Å². The highest BCUT2D eigenvalue weighted by Gasteiger charge is 2.20. The van der Waals surface area contributed by atoms with Crippen LogP contribution in [-0.4, -0.2) is 30.9 Å². The van der Waals surface area contributed by atoms with E-state index < -0.39 is 20.9 Å². The van der Waals surface area contributed by atoms with Crippen molar-refractivity contribution in [3.05, 3.63) is 29.8 Å². The average molecular weight is 285 g/mol. The van der Waals surface area contributed by atoms with Crippen LogP contribution in [0.4, 0.5) is 0 Å². The Morgan fingerprint density at radius 2 is 1.95 bits per heavy atom. The molecule has 7 nitrogen and oxygen atoms in total. The minimum absolute atomic E-state index is 0.114. The second kappa shape index (κ2) is 5.81. The van der Waals surface area contributed by atoms with E-state index in [0.29, 0.717) is 0 Å². The fourth-order valence-corrected chi connectivity index (χ4v) is 2.06. The SMILES string of the molecule is CC(C)N=C(N)NC(=O)c1ccccc1S(=O)(=O)O. The molecule has 0 aliphatic heterocycles. The summed E-state index contributed by atoms with van der Waals surface area (Å²) in [6.45, 7) is 3.54. The van der Waals surface area contributed by atoms with Crippen molar-refractivity contribution in [2.24, 2.45) is 10.7 Å². The summed E-state index contributed by atoms with van der Waals surface area (Å²) in [5.41, 5.74) is 5.28.